The molecule has 0 aliphatic carbocycles. The molecule has 2 aromatic carbocycles. The molecule has 0 bridgehead atoms. The molecule has 0 fully saturated rings. The zero-order valence-electron chi connectivity index (χ0n) is 16.0. The van der Waals surface area contributed by atoms with Gasteiger partial charge in [-0.25, -0.2) is 16.8 Å². The number of H-pyrrole nitrogens is 2. The summed E-state index contributed by atoms with van der Waals surface area (Å²) in [5, 5.41) is 1.55. The van der Waals surface area contributed by atoms with Crippen molar-refractivity contribution in [3.63, 3.8) is 0 Å². The standard InChI is InChI=1S/C18H12Cl2N4O6S3/c19-10-7-14(15(8-11(10)20)24-33(29,30)16-2-1-5-31-16)23-32(27,28)9-3-4-12-13(6-9)22-18(26)17(25)21-12/h1-8,23-24H,(H,21,25)(H,22,26). The summed E-state index contributed by atoms with van der Waals surface area (Å²) in [6, 6.07) is 8.91. The van der Waals surface area contributed by atoms with E-state index in [1.165, 1.54) is 24.3 Å². The van der Waals surface area contributed by atoms with Crippen LogP contribution in [-0.2, 0) is 20.0 Å². The maximum atomic E-state index is 13.0. The summed E-state index contributed by atoms with van der Waals surface area (Å²) in [5.41, 5.74) is -1.86. The lowest BCUT2D eigenvalue weighted by molar-refractivity contribution is 0.599. The summed E-state index contributed by atoms with van der Waals surface area (Å²) in [6.07, 6.45) is 0. The molecule has 4 rings (SSSR count). The molecule has 2 aromatic heterocycles. The van der Waals surface area contributed by atoms with Crippen molar-refractivity contribution in [1.29, 1.82) is 0 Å². The van der Waals surface area contributed by atoms with Gasteiger partial charge in [0.2, 0.25) is 0 Å². The summed E-state index contributed by atoms with van der Waals surface area (Å²) >= 11 is 13.0. The number of hydrogen-bond acceptors (Lipinski definition) is 7. The molecule has 2 heterocycles. The van der Waals surface area contributed by atoms with Gasteiger partial charge in [0, 0.05) is 0 Å². The summed E-state index contributed by atoms with van der Waals surface area (Å²) in [7, 11) is -8.31. The summed E-state index contributed by atoms with van der Waals surface area (Å²) in [6.45, 7) is 0. The third-order valence-corrected chi connectivity index (χ3v) is 9.16. The molecule has 10 nitrogen and oxygen atoms in total. The third kappa shape index (κ3) is 4.77. The number of rotatable bonds is 6. The lowest BCUT2D eigenvalue weighted by Crippen LogP contribution is -2.29. The van der Waals surface area contributed by atoms with E-state index in [0.717, 1.165) is 23.5 Å². The van der Waals surface area contributed by atoms with Gasteiger partial charge in [-0.2, -0.15) is 0 Å². The van der Waals surface area contributed by atoms with Crippen molar-refractivity contribution in [2.75, 3.05) is 9.44 Å². The van der Waals surface area contributed by atoms with Crippen LogP contribution in [-0.4, -0.2) is 26.8 Å². The van der Waals surface area contributed by atoms with E-state index in [0.29, 0.717) is 0 Å². The molecule has 0 spiro atoms. The van der Waals surface area contributed by atoms with E-state index in [-0.39, 0.29) is 41.6 Å². The molecule has 0 aliphatic rings. The predicted molar refractivity (Wildman–Crippen MR) is 128 cm³/mol. The first-order valence-electron chi connectivity index (χ1n) is 8.81. The average molecular weight is 547 g/mol. The molecule has 0 radical (unpaired) electrons. The normalized spacial score (nSPS) is 12.1. The summed E-state index contributed by atoms with van der Waals surface area (Å²) in [4.78, 5) is 27.4. The smallest absolute Gasteiger partial charge is 0.314 e. The van der Waals surface area contributed by atoms with Gasteiger partial charge in [-0.05, 0) is 41.8 Å². The highest BCUT2D eigenvalue weighted by atomic mass is 35.5. The molecule has 0 aliphatic heterocycles. The van der Waals surface area contributed by atoms with Crippen LogP contribution < -0.4 is 20.6 Å². The number of anilines is 2. The number of halogens is 2. The van der Waals surface area contributed by atoms with Gasteiger partial charge < -0.3 is 9.97 Å². The van der Waals surface area contributed by atoms with Gasteiger partial charge in [0.15, 0.2) is 0 Å². The van der Waals surface area contributed by atoms with Crippen LogP contribution in [0.4, 0.5) is 11.4 Å². The Morgan fingerprint density at radius 1 is 0.758 bits per heavy atom. The van der Waals surface area contributed by atoms with E-state index in [9.17, 15) is 26.4 Å². The molecular weight excluding hydrogens is 535 g/mol. The van der Waals surface area contributed by atoms with Gasteiger partial charge in [-0.1, -0.05) is 29.3 Å². The topological polar surface area (TPSA) is 158 Å². The molecule has 0 unspecified atom stereocenters. The van der Waals surface area contributed by atoms with E-state index in [2.05, 4.69) is 19.4 Å². The molecular formula is C18H12Cl2N4O6S3. The second-order valence-electron chi connectivity index (χ2n) is 6.57. The van der Waals surface area contributed by atoms with Gasteiger partial charge in [-0.3, -0.25) is 19.0 Å². The monoisotopic (exact) mass is 546 g/mol. The van der Waals surface area contributed by atoms with Gasteiger partial charge in [0.05, 0.1) is 37.3 Å². The Hall–Kier alpha value is -2.84. The first-order chi connectivity index (χ1) is 15.5. The SMILES string of the molecule is O=c1[nH]c2ccc(S(=O)(=O)Nc3cc(Cl)c(Cl)cc3NS(=O)(=O)c3cccs3)cc2[nH]c1=O. The number of benzene rings is 2. The number of aromatic amines is 2. The Bertz CT molecular complexity index is 1710. The number of hydrogen-bond donors (Lipinski definition) is 4. The zero-order chi connectivity index (χ0) is 24.0. The van der Waals surface area contributed by atoms with Crippen molar-refractivity contribution in [2.24, 2.45) is 0 Å². The number of aromatic nitrogens is 2. The van der Waals surface area contributed by atoms with E-state index in [1.807, 2.05) is 0 Å². The molecule has 33 heavy (non-hydrogen) atoms. The Morgan fingerprint density at radius 2 is 1.33 bits per heavy atom. The van der Waals surface area contributed by atoms with E-state index < -0.39 is 31.2 Å². The van der Waals surface area contributed by atoms with Gasteiger partial charge in [0.25, 0.3) is 20.0 Å². The highest BCUT2D eigenvalue weighted by Crippen LogP contribution is 2.35. The number of sulfonamides is 2. The van der Waals surface area contributed by atoms with Crippen LogP contribution >= 0.6 is 34.5 Å². The van der Waals surface area contributed by atoms with Crippen molar-refractivity contribution >= 4 is 77.0 Å². The van der Waals surface area contributed by atoms with Crippen molar-refractivity contribution in [3.8, 4) is 0 Å². The maximum Gasteiger partial charge on any atom is 0.314 e. The van der Waals surface area contributed by atoms with Crippen LogP contribution in [0.5, 0.6) is 0 Å². The zero-order valence-corrected chi connectivity index (χ0v) is 20.0. The fraction of sp³-hybridized carbons (Fsp3) is 0. The van der Waals surface area contributed by atoms with Gasteiger partial charge in [0.1, 0.15) is 4.21 Å². The predicted octanol–water partition coefficient (Wildman–Crippen LogP) is 3.19. The van der Waals surface area contributed by atoms with E-state index >= 15 is 0 Å². The van der Waals surface area contributed by atoms with E-state index in [4.69, 9.17) is 23.2 Å². The number of nitrogens with one attached hydrogen (secondary N) is 4. The highest BCUT2D eigenvalue weighted by Gasteiger charge is 2.22. The lowest BCUT2D eigenvalue weighted by atomic mass is 10.3. The van der Waals surface area contributed by atoms with Crippen LogP contribution in [0.1, 0.15) is 0 Å². The molecule has 0 amide bonds. The fourth-order valence-electron chi connectivity index (χ4n) is 2.79. The third-order valence-electron chi connectivity index (χ3n) is 4.31. The fourth-order valence-corrected chi connectivity index (χ4v) is 6.28. The molecule has 15 heteroatoms. The van der Waals surface area contributed by atoms with Gasteiger partial charge >= 0.3 is 11.1 Å². The second kappa shape index (κ2) is 8.50. The molecule has 4 N–H and O–H groups in total. The van der Waals surface area contributed by atoms with E-state index in [1.54, 1.807) is 11.4 Å². The quantitative estimate of drug-likeness (QED) is 0.272. The molecule has 0 saturated heterocycles. The summed E-state index contributed by atoms with van der Waals surface area (Å²) < 4.78 is 55.9. The van der Waals surface area contributed by atoms with Crippen molar-refractivity contribution in [1.82, 2.24) is 9.97 Å². The Morgan fingerprint density at radius 3 is 1.91 bits per heavy atom. The molecule has 4 aromatic rings. The molecule has 0 atom stereocenters. The van der Waals surface area contributed by atoms with Crippen LogP contribution in [0.15, 0.2) is 66.5 Å². The van der Waals surface area contributed by atoms with Crippen molar-refractivity contribution in [2.45, 2.75) is 9.10 Å². The molecule has 0 saturated carbocycles. The maximum absolute atomic E-state index is 13.0. The van der Waals surface area contributed by atoms with Gasteiger partial charge in [-0.15, -0.1) is 11.3 Å². The molecule has 172 valence electrons. The van der Waals surface area contributed by atoms with Crippen LogP contribution in [0.25, 0.3) is 11.0 Å². The Kier molecular flexibility index (Phi) is 6.01. The van der Waals surface area contributed by atoms with Crippen molar-refractivity contribution < 1.29 is 16.8 Å². The minimum atomic E-state index is -4.29. The average Bonchev–Trinajstić information content (AvgIpc) is 3.28. The Labute approximate surface area is 200 Å². The Balaban J connectivity index is 1.76. The van der Waals surface area contributed by atoms with Crippen molar-refractivity contribution in [3.05, 3.63) is 78.6 Å². The first-order valence-corrected chi connectivity index (χ1v) is 13.4. The first kappa shape index (κ1) is 23.3. The largest absolute Gasteiger partial charge is 0.316 e. The number of fused-ring (bicyclic) bond motifs is 1. The number of thiophene rings is 1. The lowest BCUT2D eigenvalue weighted by Gasteiger charge is -2.15. The van der Waals surface area contributed by atoms with Crippen LogP contribution in [0.3, 0.4) is 0 Å². The minimum absolute atomic E-state index is 0.00395. The highest BCUT2D eigenvalue weighted by molar-refractivity contribution is 7.94. The second-order valence-corrected chi connectivity index (χ2v) is 11.9. The van der Waals surface area contributed by atoms with Crippen LogP contribution in [0.2, 0.25) is 10.0 Å². The summed E-state index contributed by atoms with van der Waals surface area (Å²) in [5.74, 6) is 0. The minimum Gasteiger partial charge on any atom is -0.316 e. The van der Waals surface area contributed by atoms with Crippen LogP contribution in [0, 0.1) is 0 Å².